The Labute approximate surface area is 126 Å². The third-order valence-corrected chi connectivity index (χ3v) is 2.72. The quantitative estimate of drug-likeness (QED) is 0.437. The Morgan fingerprint density at radius 2 is 2.14 bits per heavy atom. The second-order valence-electron chi connectivity index (χ2n) is 4.14. The fraction of sp³-hybridized carbons (Fsp3) is 0.214. The predicted molar refractivity (Wildman–Crippen MR) is 79.4 cm³/mol. The van der Waals surface area contributed by atoms with E-state index in [-0.39, 0.29) is 12.2 Å². The van der Waals surface area contributed by atoms with E-state index in [1.807, 2.05) is 24.3 Å². The van der Waals surface area contributed by atoms with Crippen LogP contribution in [-0.4, -0.2) is 35.7 Å². The molecule has 0 fully saturated rings. The monoisotopic (exact) mass is 304 g/mol. The Kier molecular flexibility index (Phi) is 4.97. The number of para-hydroxylation sites is 2. The van der Waals surface area contributed by atoms with Crippen molar-refractivity contribution in [3.8, 4) is 0 Å². The molecule has 2 aromatic rings. The number of aromatic amines is 1. The molecule has 116 valence electrons. The molecular formula is C14H16N4O4. The number of ether oxygens (including phenoxy) is 2. The SMILES string of the molecule is CCOC(=O)/C(=C\NNC(=O)OC)c1nc2ccccc2[nH]1. The number of benzene rings is 1. The molecule has 0 aliphatic heterocycles. The smallest absolute Gasteiger partial charge is 0.425 e. The third-order valence-electron chi connectivity index (χ3n) is 2.72. The molecule has 0 atom stereocenters. The van der Waals surface area contributed by atoms with Crippen LogP contribution in [0.4, 0.5) is 4.79 Å². The van der Waals surface area contributed by atoms with Gasteiger partial charge in [0.05, 0.1) is 24.8 Å². The van der Waals surface area contributed by atoms with Crippen LogP contribution in [0.15, 0.2) is 30.5 Å². The van der Waals surface area contributed by atoms with Gasteiger partial charge in [-0.3, -0.25) is 0 Å². The van der Waals surface area contributed by atoms with Crippen LogP contribution in [0.25, 0.3) is 16.6 Å². The number of aromatic nitrogens is 2. The molecule has 1 amide bonds. The number of amides is 1. The molecule has 1 aromatic heterocycles. The van der Waals surface area contributed by atoms with Gasteiger partial charge < -0.3 is 19.9 Å². The van der Waals surface area contributed by atoms with E-state index in [1.165, 1.54) is 13.3 Å². The fourth-order valence-corrected chi connectivity index (χ4v) is 1.73. The maximum Gasteiger partial charge on any atom is 0.425 e. The van der Waals surface area contributed by atoms with Crippen molar-refractivity contribution in [2.75, 3.05) is 13.7 Å². The number of methoxy groups -OCH3 is 1. The van der Waals surface area contributed by atoms with Gasteiger partial charge in [-0.2, -0.15) is 0 Å². The van der Waals surface area contributed by atoms with Crippen LogP contribution in [0.5, 0.6) is 0 Å². The molecule has 0 bridgehead atoms. The zero-order chi connectivity index (χ0) is 15.9. The molecule has 0 saturated carbocycles. The van der Waals surface area contributed by atoms with Crippen LogP contribution in [0, 0.1) is 0 Å². The number of rotatable bonds is 5. The van der Waals surface area contributed by atoms with Gasteiger partial charge in [0.2, 0.25) is 0 Å². The average molecular weight is 304 g/mol. The number of nitrogens with one attached hydrogen (secondary N) is 3. The molecule has 0 saturated heterocycles. The molecule has 0 unspecified atom stereocenters. The van der Waals surface area contributed by atoms with Gasteiger partial charge in [0.25, 0.3) is 0 Å². The van der Waals surface area contributed by atoms with Crippen molar-refractivity contribution in [3.05, 3.63) is 36.3 Å². The number of carbonyl (C=O) groups is 2. The maximum absolute atomic E-state index is 12.0. The Morgan fingerprint density at radius 1 is 1.36 bits per heavy atom. The number of carbonyl (C=O) groups excluding carboxylic acids is 2. The summed E-state index contributed by atoms with van der Waals surface area (Å²) in [6, 6.07) is 7.36. The van der Waals surface area contributed by atoms with Crippen molar-refractivity contribution < 1.29 is 19.1 Å². The van der Waals surface area contributed by atoms with Crippen LogP contribution in [0.1, 0.15) is 12.7 Å². The van der Waals surface area contributed by atoms with Gasteiger partial charge in [0, 0.05) is 6.20 Å². The molecule has 1 aromatic carbocycles. The van der Waals surface area contributed by atoms with E-state index in [9.17, 15) is 9.59 Å². The second kappa shape index (κ2) is 7.11. The fourth-order valence-electron chi connectivity index (χ4n) is 1.73. The maximum atomic E-state index is 12.0. The molecule has 2 rings (SSSR count). The minimum Gasteiger partial charge on any atom is -0.462 e. The molecule has 8 heteroatoms. The lowest BCUT2D eigenvalue weighted by atomic mass is 10.3. The Balaban J connectivity index is 2.28. The number of hydrazine groups is 1. The lowest BCUT2D eigenvalue weighted by Gasteiger charge is -2.06. The summed E-state index contributed by atoms with van der Waals surface area (Å²) in [4.78, 5) is 30.4. The van der Waals surface area contributed by atoms with Crippen molar-refractivity contribution in [2.45, 2.75) is 6.92 Å². The number of esters is 1. The molecule has 1 heterocycles. The topological polar surface area (TPSA) is 105 Å². The summed E-state index contributed by atoms with van der Waals surface area (Å²) in [6.45, 7) is 1.93. The van der Waals surface area contributed by atoms with Gasteiger partial charge in [-0.05, 0) is 19.1 Å². The summed E-state index contributed by atoms with van der Waals surface area (Å²) in [6.07, 6.45) is 0.594. The first-order valence-electron chi connectivity index (χ1n) is 6.57. The largest absolute Gasteiger partial charge is 0.462 e. The van der Waals surface area contributed by atoms with Gasteiger partial charge in [0.1, 0.15) is 11.4 Å². The summed E-state index contributed by atoms with van der Waals surface area (Å²) >= 11 is 0. The summed E-state index contributed by atoms with van der Waals surface area (Å²) in [5.74, 6) is -0.237. The van der Waals surface area contributed by atoms with Crippen molar-refractivity contribution in [1.29, 1.82) is 0 Å². The minimum absolute atomic E-state index is 0.148. The first-order valence-corrected chi connectivity index (χ1v) is 6.57. The Hall–Kier alpha value is -3.03. The third kappa shape index (κ3) is 3.54. The van der Waals surface area contributed by atoms with Crippen molar-refractivity contribution in [3.63, 3.8) is 0 Å². The van der Waals surface area contributed by atoms with Crippen LogP contribution in [0.2, 0.25) is 0 Å². The van der Waals surface area contributed by atoms with E-state index in [0.717, 1.165) is 5.52 Å². The lowest BCUT2D eigenvalue weighted by Crippen LogP contribution is -2.34. The molecule has 3 N–H and O–H groups in total. The minimum atomic E-state index is -0.691. The van der Waals surface area contributed by atoms with Gasteiger partial charge >= 0.3 is 12.1 Å². The van der Waals surface area contributed by atoms with E-state index in [2.05, 4.69) is 25.6 Å². The summed E-state index contributed by atoms with van der Waals surface area (Å²) in [7, 11) is 1.23. The lowest BCUT2D eigenvalue weighted by molar-refractivity contribution is -0.136. The average Bonchev–Trinajstić information content (AvgIpc) is 2.94. The van der Waals surface area contributed by atoms with E-state index in [0.29, 0.717) is 11.3 Å². The molecule has 0 aliphatic carbocycles. The van der Waals surface area contributed by atoms with Crippen LogP contribution >= 0.6 is 0 Å². The number of hydrogen-bond donors (Lipinski definition) is 3. The number of hydrogen-bond acceptors (Lipinski definition) is 6. The Bertz CT molecular complexity index is 675. The van der Waals surface area contributed by atoms with Crippen molar-refractivity contribution in [1.82, 2.24) is 20.8 Å². The second-order valence-corrected chi connectivity index (χ2v) is 4.14. The number of H-pyrrole nitrogens is 1. The molecule has 22 heavy (non-hydrogen) atoms. The molecular weight excluding hydrogens is 288 g/mol. The molecule has 8 nitrogen and oxygen atoms in total. The van der Waals surface area contributed by atoms with Crippen LogP contribution in [0.3, 0.4) is 0 Å². The van der Waals surface area contributed by atoms with Gasteiger partial charge in [-0.15, -0.1) is 0 Å². The van der Waals surface area contributed by atoms with E-state index >= 15 is 0 Å². The van der Waals surface area contributed by atoms with Crippen molar-refractivity contribution >= 4 is 28.7 Å². The highest BCUT2D eigenvalue weighted by atomic mass is 16.5. The van der Waals surface area contributed by atoms with Gasteiger partial charge in [-0.1, -0.05) is 12.1 Å². The van der Waals surface area contributed by atoms with Gasteiger partial charge in [-0.25, -0.2) is 20.0 Å². The highest BCUT2D eigenvalue weighted by molar-refractivity contribution is 6.15. The van der Waals surface area contributed by atoms with E-state index in [1.54, 1.807) is 6.92 Å². The van der Waals surface area contributed by atoms with Crippen molar-refractivity contribution in [2.24, 2.45) is 0 Å². The highest BCUT2D eigenvalue weighted by Gasteiger charge is 2.17. The number of fused-ring (bicyclic) bond motifs is 1. The molecule has 0 radical (unpaired) electrons. The summed E-state index contributed by atoms with van der Waals surface area (Å²) < 4.78 is 9.40. The molecule has 0 spiro atoms. The summed E-state index contributed by atoms with van der Waals surface area (Å²) in [5.41, 5.74) is 6.35. The van der Waals surface area contributed by atoms with E-state index in [4.69, 9.17) is 4.74 Å². The van der Waals surface area contributed by atoms with Crippen LogP contribution < -0.4 is 10.9 Å². The highest BCUT2D eigenvalue weighted by Crippen LogP contribution is 2.17. The zero-order valence-electron chi connectivity index (χ0n) is 12.2. The van der Waals surface area contributed by atoms with E-state index < -0.39 is 12.1 Å². The van der Waals surface area contributed by atoms with Gasteiger partial charge in [0.15, 0.2) is 0 Å². The standard InChI is InChI=1S/C14H16N4O4/c1-3-22-13(19)9(8-15-18-14(20)21-2)12-16-10-6-4-5-7-11(10)17-12/h4-8,15H,3H2,1-2H3,(H,16,17)(H,18,20)/b9-8-. The number of imidazole rings is 1. The Morgan fingerprint density at radius 3 is 2.82 bits per heavy atom. The predicted octanol–water partition coefficient (Wildman–Crippen LogP) is 1.33. The first-order chi connectivity index (χ1) is 10.7. The first kappa shape index (κ1) is 15.4. The molecule has 0 aliphatic rings. The number of nitrogens with zero attached hydrogens (tertiary/aromatic N) is 1. The zero-order valence-corrected chi connectivity index (χ0v) is 12.2. The van der Waals surface area contributed by atoms with Crippen LogP contribution in [-0.2, 0) is 14.3 Å². The normalized spacial score (nSPS) is 11.1. The summed E-state index contributed by atoms with van der Waals surface area (Å²) in [5, 5.41) is 0.